The van der Waals surface area contributed by atoms with Gasteiger partial charge in [0.1, 0.15) is 0 Å². The molecular formula is C26H45F3O4Si. The lowest BCUT2D eigenvalue weighted by Crippen LogP contribution is -2.44. The fourth-order valence-electron chi connectivity index (χ4n) is 4.04. The average molecular weight is 507 g/mol. The van der Waals surface area contributed by atoms with Crippen molar-refractivity contribution >= 4 is 14.3 Å². The van der Waals surface area contributed by atoms with E-state index < -0.39 is 33.0 Å². The second-order valence-corrected chi connectivity index (χ2v) is 15.8. The lowest BCUT2D eigenvalue weighted by atomic mass is 9.91. The summed E-state index contributed by atoms with van der Waals surface area (Å²) in [4.78, 5) is 10.6. The molecular weight excluding hydrogens is 461 g/mol. The van der Waals surface area contributed by atoms with Gasteiger partial charge in [-0.25, -0.2) is 0 Å². The molecule has 0 aromatic carbocycles. The van der Waals surface area contributed by atoms with E-state index in [1.54, 1.807) is 0 Å². The first kappa shape index (κ1) is 30.9. The summed E-state index contributed by atoms with van der Waals surface area (Å²) in [5.41, 5.74) is 1.20. The van der Waals surface area contributed by atoms with Crippen molar-refractivity contribution in [3.8, 4) is 0 Å². The molecule has 0 heterocycles. The van der Waals surface area contributed by atoms with E-state index in [-0.39, 0.29) is 29.9 Å². The van der Waals surface area contributed by atoms with E-state index in [0.717, 1.165) is 12.8 Å². The summed E-state index contributed by atoms with van der Waals surface area (Å²) in [6, 6.07) is 0. The summed E-state index contributed by atoms with van der Waals surface area (Å²) in [6.45, 7) is 10.8. The summed E-state index contributed by atoms with van der Waals surface area (Å²) < 4.78 is 44.3. The van der Waals surface area contributed by atoms with Crippen LogP contribution in [0.4, 0.5) is 13.2 Å². The number of carbonyl (C=O) groups is 1. The molecule has 0 aromatic heterocycles. The molecule has 0 saturated heterocycles. The van der Waals surface area contributed by atoms with Crippen molar-refractivity contribution in [1.82, 2.24) is 0 Å². The number of aliphatic hydroxyl groups excluding tert-OH is 1. The van der Waals surface area contributed by atoms with E-state index in [1.165, 1.54) is 5.57 Å². The van der Waals surface area contributed by atoms with Crippen LogP contribution in [0.5, 0.6) is 0 Å². The Morgan fingerprint density at radius 2 is 1.85 bits per heavy atom. The zero-order valence-electron chi connectivity index (χ0n) is 21.6. The highest BCUT2D eigenvalue weighted by atomic mass is 28.4. The normalized spacial score (nSPS) is 20.7. The summed E-state index contributed by atoms with van der Waals surface area (Å²) >= 11 is 0. The quantitative estimate of drug-likeness (QED) is 0.135. The van der Waals surface area contributed by atoms with Gasteiger partial charge in [0.25, 0.3) is 0 Å². The van der Waals surface area contributed by atoms with Crippen LogP contribution >= 0.6 is 0 Å². The Morgan fingerprint density at radius 1 is 1.18 bits per heavy atom. The number of carboxylic acid groups (broad SMARTS) is 1. The first-order chi connectivity index (χ1) is 15.6. The number of hydrogen-bond donors (Lipinski definition) is 2. The van der Waals surface area contributed by atoms with Crippen LogP contribution in [0.1, 0.15) is 91.4 Å². The first-order valence-electron chi connectivity index (χ1n) is 12.6. The summed E-state index contributed by atoms with van der Waals surface area (Å²) in [6.07, 6.45) is 6.25. The predicted octanol–water partition coefficient (Wildman–Crippen LogP) is 7.79. The van der Waals surface area contributed by atoms with Crippen LogP contribution in [0.15, 0.2) is 23.8 Å². The molecule has 0 saturated carbocycles. The minimum atomic E-state index is -4.12. The third kappa shape index (κ3) is 12.0. The van der Waals surface area contributed by atoms with E-state index in [9.17, 15) is 23.1 Å². The lowest BCUT2D eigenvalue weighted by Gasteiger charge is -2.39. The van der Waals surface area contributed by atoms with Crippen LogP contribution in [-0.4, -0.2) is 42.9 Å². The Labute approximate surface area is 204 Å². The highest BCUT2D eigenvalue weighted by Crippen LogP contribution is 2.39. The molecule has 1 aliphatic carbocycles. The molecule has 0 aromatic rings. The maximum atomic E-state index is 12.6. The van der Waals surface area contributed by atoms with E-state index in [1.807, 2.05) is 12.2 Å². The molecule has 0 amide bonds. The molecule has 8 heteroatoms. The number of aliphatic hydroxyl groups is 1. The third-order valence-electron chi connectivity index (χ3n) is 7.14. The predicted molar refractivity (Wildman–Crippen MR) is 133 cm³/mol. The van der Waals surface area contributed by atoms with Gasteiger partial charge in [0.15, 0.2) is 8.32 Å². The van der Waals surface area contributed by atoms with Crippen molar-refractivity contribution in [2.45, 2.75) is 128 Å². The second kappa shape index (κ2) is 13.8. The molecule has 1 aliphatic rings. The van der Waals surface area contributed by atoms with Gasteiger partial charge in [-0.3, -0.25) is 4.79 Å². The molecule has 198 valence electrons. The van der Waals surface area contributed by atoms with Crippen LogP contribution in [0.3, 0.4) is 0 Å². The molecule has 0 bridgehead atoms. The highest BCUT2D eigenvalue weighted by Gasteiger charge is 2.39. The van der Waals surface area contributed by atoms with Gasteiger partial charge in [-0.15, -0.1) is 0 Å². The van der Waals surface area contributed by atoms with Gasteiger partial charge in [0, 0.05) is 24.9 Å². The van der Waals surface area contributed by atoms with Crippen molar-refractivity contribution in [2.75, 3.05) is 0 Å². The highest BCUT2D eigenvalue weighted by molar-refractivity contribution is 6.74. The number of rotatable bonds is 15. The van der Waals surface area contributed by atoms with Crippen LogP contribution in [-0.2, 0) is 9.22 Å². The molecule has 0 fully saturated rings. The molecule has 1 rings (SSSR count). The van der Waals surface area contributed by atoms with Crippen molar-refractivity contribution in [3.05, 3.63) is 23.8 Å². The van der Waals surface area contributed by atoms with Crippen molar-refractivity contribution in [2.24, 2.45) is 5.92 Å². The largest absolute Gasteiger partial charge is 0.481 e. The molecule has 0 radical (unpaired) electrons. The minimum Gasteiger partial charge on any atom is -0.481 e. The number of unbranched alkanes of at least 4 members (excludes halogenated alkanes) is 2. The van der Waals surface area contributed by atoms with Gasteiger partial charge in [0.2, 0.25) is 0 Å². The van der Waals surface area contributed by atoms with Crippen LogP contribution in [0.25, 0.3) is 0 Å². The molecule has 3 atom stereocenters. The molecule has 34 heavy (non-hydrogen) atoms. The fraction of sp³-hybridized carbons (Fsp3) is 0.808. The number of carboxylic acids is 1. The van der Waals surface area contributed by atoms with Crippen molar-refractivity contribution < 1.29 is 32.6 Å². The number of alkyl halides is 3. The third-order valence-corrected chi connectivity index (χ3v) is 11.7. The SMILES string of the molecule is CC(C)(C)[Si](C)(C)OC(CCCCC(F)(F)F)CCC1=CCC(O)[C@@H]1C/C=C\CCCC(=O)O. The lowest BCUT2D eigenvalue weighted by molar-refractivity contribution is -0.137. The Bertz CT molecular complexity index is 681. The zero-order chi connectivity index (χ0) is 26.0. The van der Waals surface area contributed by atoms with Gasteiger partial charge in [-0.1, -0.05) is 51.0 Å². The van der Waals surface area contributed by atoms with Gasteiger partial charge < -0.3 is 14.6 Å². The van der Waals surface area contributed by atoms with Gasteiger partial charge in [-0.05, 0) is 69.5 Å². The molecule has 0 spiro atoms. The van der Waals surface area contributed by atoms with Crippen molar-refractivity contribution in [3.63, 3.8) is 0 Å². The second-order valence-electron chi connectivity index (χ2n) is 11.1. The number of aliphatic carboxylic acids is 1. The summed E-state index contributed by atoms with van der Waals surface area (Å²) in [5, 5.41) is 19.2. The van der Waals surface area contributed by atoms with Crippen LogP contribution < -0.4 is 0 Å². The number of halogens is 3. The van der Waals surface area contributed by atoms with E-state index in [2.05, 4.69) is 39.9 Å². The first-order valence-corrected chi connectivity index (χ1v) is 15.5. The van der Waals surface area contributed by atoms with E-state index >= 15 is 0 Å². The maximum absolute atomic E-state index is 12.6. The van der Waals surface area contributed by atoms with Gasteiger partial charge >= 0.3 is 12.1 Å². The molecule has 4 nitrogen and oxygen atoms in total. The topological polar surface area (TPSA) is 66.8 Å². The fourth-order valence-corrected chi connectivity index (χ4v) is 5.47. The van der Waals surface area contributed by atoms with Gasteiger partial charge in [0.05, 0.1) is 6.10 Å². The van der Waals surface area contributed by atoms with Crippen LogP contribution in [0.2, 0.25) is 18.1 Å². The number of allylic oxidation sites excluding steroid dienone is 2. The van der Waals surface area contributed by atoms with Gasteiger partial charge in [-0.2, -0.15) is 13.2 Å². The average Bonchev–Trinajstić information content (AvgIpc) is 3.03. The molecule has 2 N–H and O–H groups in total. The molecule has 0 aliphatic heterocycles. The Morgan fingerprint density at radius 3 is 2.44 bits per heavy atom. The van der Waals surface area contributed by atoms with E-state index in [4.69, 9.17) is 9.53 Å². The molecule has 2 unspecified atom stereocenters. The Kier molecular flexibility index (Phi) is 12.6. The minimum absolute atomic E-state index is 0.0218. The maximum Gasteiger partial charge on any atom is 0.389 e. The Hall–Kier alpha value is -1.12. The smallest absolute Gasteiger partial charge is 0.389 e. The van der Waals surface area contributed by atoms with Crippen LogP contribution in [0, 0.1) is 5.92 Å². The zero-order valence-corrected chi connectivity index (χ0v) is 22.6. The monoisotopic (exact) mass is 506 g/mol. The van der Waals surface area contributed by atoms with E-state index in [0.29, 0.717) is 38.5 Å². The summed E-state index contributed by atoms with van der Waals surface area (Å²) in [5.74, 6) is -0.757. The van der Waals surface area contributed by atoms with Crippen molar-refractivity contribution in [1.29, 1.82) is 0 Å². The Balaban J connectivity index is 2.68. The standard InChI is InChI=1S/C26H45F3O4Si/c1-25(2,3)34(4,5)33-21(12-10-11-19-26(27,28)29)17-15-20-16-18-23(30)22(20)13-8-6-7-9-14-24(31)32/h6,8,16,21-23,30H,7,9-15,17-19H2,1-5H3,(H,31,32)/b8-6-/t21?,22-,23?/m1/s1. The number of hydrogen-bond acceptors (Lipinski definition) is 3. The summed E-state index contributed by atoms with van der Waals surface area (Å²) in [7, 11) is -2.06.